The highest BCUT2D eigenvalue weighted by Gasteiger charge is 2.50. The number of benzene rings is 3. The molecule has 3 aromatic rings. The first kappa shape index (κ1) is 33.4. The summed E-state index contributed by atoms with van der Waals surface area (Å²) in [6, 6.07) is 19.2. The largest absolute Gasteiger partial charge is 0.490 e. The van der Waals surface area contributed by atoms with Gasteiger partial charge in [0, 0.05) is 47.3 Å². The Kier molecular flexibility index (Phi) is 9.01. The lowest BCUT2D eigenvalue weighted by Gasteiger charge is -2.52. The van der Waals surface area contributed by atoms with Crippen LogP contribution in [-0.2, 0) is 16.2 Å². The van der Waals surface area contributed by atoms with E-state index in [1.54, 1.807) is 0 Å². The van der Waals surface area contributed by atoms with Crippen molar-refractivity contribution in [3.05, 3.63) is 91.8 Å². The molecule has 1 aliphatic heterocycles. The number of ketones is 2. The topological polar surface area (TPSA) is 55.8 Å². The molecule has 48 heavy (non-hydrogen) atoms. The molecule has 0 saturated heterocycles. The Bertz CT molecular complexity index is 1780. The Labute approximate surface area is 299 Å². The van der Waals surface area contributed by atoms with Crippen LogP contribution < -0.4 is 9.47 Å². The fourth-order valence-corrected chi connectivity index (χ4v) is 9.62. The van der Waals surface area contributed by atoms with Crippen LogP contribution in [0.2, 0.25) is 0 Å². The van der Waals surface area contributed by atoms with Crippen LogP contribution in [0.1, 0.15) is 109 Å². The Morgan fingerprint density at radius 1 is 0.792 bits per heavy atom. The van der Waals surface area contributed by atoms with Crippen LogP contribution in [0.15, 0.2) is 77.1 Å². The van der Waals surface area contributed by atoms with Crippen LogP contribution in [0.3, 0.4) is 0 Å². The molecule has 0 bridgehead atoms. The van der Waals surface area contributed by atoms with E-state index in [4.69, 9.17) is 9.47 Å². The molecule has 0 N–H and O–H groups in total. The maximum atomic E-state index is 14.4. The van der Waals surface area contributed by atoms with Crippen molar-refractivity contribution in [1.29, 1.82) is 0 Å². The number of rotatable bonds is 7. The van der Waals surface area contributed by atoms with Crippen LogP contribution >= 0.6 is 22.6 Å². The predicted molar refractivity (Wildman–Crippen MR) is 200 cm³/mol. The second kappa shape index (κ2) is 13.0. The summed E-state index contributed by atoms with van der Waals surface area (Å²) < 4.78 is 13.8. The number of halogens is 1. The number of nitrogens with zero attached hydrogens (tertiary/aromatic N) is 1. The van der Waals surface area contributed by atoms with Gasteiger partial charge in [0.15, 0.2) is 23.1 Å². The van der Waals surface area contributed by atoms with E-state index in [0.29, 0.717) is 43.6 Å². The molecule has 0 spiro atoms. The van der Waals surface area contributed by atoms with Crippen LogP contribution in [-0.4, -0.2) is 29.1 Å². The maximum Gasteiger partial charge on any atom is 0.174 e. The van der Waals surface area contributed by atoms with Crippen molar-refractivity contribution < 1.29 is 19.1 Å². The molecule has 3 aromatic carbocycles. The molecule has 0 amide bonds. The lowest BCUT2D eigenvalue weighted by Crippen LogP contribution is -2.48. The molecule has 1 fully saturated rings. The number of carbonyl (C=O) groups is 2. The van der Waals surface area contributed by atoms with Gasteiger partial charge in [-0.2, -0.15) is 0 Å². The third-order valence-electron chi connectivity index (χ3n) is 10.8. The SMILES string of the molecule is CCOc1cc(C2C3=C(CC(C)(C)CC3=O)N(C3CCCCC3)C3=C2C(=O)CC(C)(C)C3)cc(I)c1OCc1cccc2ccccc12. The Morgan fingerprint density at radius 2 is 1.42 bits per heavy atom. The number of ether oxygens (including phenoxy) is 2. The minimum atomic E-state index is -0.401. The third-order valence-corrected chi connectivity index (χ3v) is 11.6. The van der Waals surface area contributed by atoms with E-state index in [9.17, 15) is 9.59 Å². The van der Waals surface area contributed by atoms with Crippen LogP contribution in [0, 0.1) is 14.4 Å². The van der Waals surface area contributed by atoms with Crippen molar-refractivity contribution in [2.24, 2.45) is 10.8 Å². The molecule has 252 valence electrons. The highest BCUT2D eigenvalue weighted by molar-refractivity contribution is 14.1. The molecule has 0 aromatic heterocycles. The first-order valence-corrected chi connectivity index (χ1v) is 18.9. The number of hydrogen-bond donors (Lipinski definition) is 0. The number of fused-ring (bicyclic) bond motifs is 1. The molecule has 6 heteroatoms. The van der Waals surface area contributed by atoms with Gasteiger partial charge in [0.25, 0.3) is 0 Å². The summed E-state index contributed by atoms with van der Waals surface area (Å²) >= 11 is 2.35. The minimum Gasteiger partial charge on any atom is -0.490 e. The maximum absolute atomic E-state index is 14.4. The molecule has 1 saturated carbocycles. The fourth-order valence-electron chi connectivity index (χ4n) is 8.84. The van der Waals surface area contributed by atoms with Crippen LogP contribution in [0.25, 0.3) is 10.8 Å². The van der Waals surface area contributed by atoms with Crippen LogP contribution in [0.5, 0.6) is 11.5 Å². The molecule has 3 aliphatic carbocycles. The van der Waals surface area contributed by atoms with E-state index in [1.807, 2.05) is 6.92 Å². The highest BCUT2D eigenvalue weighted by Crippen LogP contribution is 2.56. The van der Waals surface area contributed by atoms with Gasteiger partial charge in [0.1, 0.15) is 6.61 Å². The van der Waals surface area contributed by atoms with Gasteiger partial charge in [0.05, 0.1) is 10.2 Å². The second-order valence-electron chi connectivity index (χ2n) is 15.9. The Hall–Kier alpha value is -3.13. The van der Waals surface area contributed by atoms with Crippen molar-refractivity contribution in [1.82, 2.24) is 4.90 Å². The number of allylic oxidation sites excluding steroid dienone is 4. The molecule has 0 radical (unpaired) electrons. The zero-order chi connectivity index (χ0) is 33.8. The standard InChI is InChI=1S/C42H48INO4/c1-6-47-36-20-28(19-31(43)40(36)48-25-27-15-12-14-26-13-10-11-18-30(26)27)37-38-32(21-41(2,3)23-34(38)45)44(29-16-8-7-9-17-29)33-22-42(4,5)24-35(46)39(33)37/h10-15,18-20,29,37H,6-9,16-17,21-25H2,1-5H3. The first-order valence-electron chi connectivity index (χ1n) is 17.8. The highest BCUT2D eigenvalue weighted by atomic mass is 127. The third kappa shape index (κ3) is 6.23. The molecule has 5 nitrogen and oxygen atoms in total. The van der Waals surface area contributed by atoms with E-state index in [-0.39, 0.29) is 22.4 Å². The summed E-state index contributed by atoms with van der Waals surface area (Å²) in [6.07, 6.45) is 8.53. The van der Waals surface area contributed by atoms with E-state index < -0.39 is 5.92 Å². The molecule has 0 unspecified atom stereocenters. The smallest absolute Gasteiger partial charge is 0.174 e. The van der Waals surface area contributed by atoms with Gasteiger partial charge in [0.2, 0.25) is 0 Å². The minimum absolute atomic E-state index is 0.135. The summed E-state index contributed by atoms with van der Waals surface area (Å²) in [5.41, 5.74) is 5.81. The zero-order valence-corrected chi connectivity index (χ0v) is 31.2. The van der Waals surface area contributed by atoms with E-state index in [2.05, 4.69) is 110 Å². The number of Topliss-reactive ketones (excluding diaryl/α,β-unsaturated/α-hetero) is 2. The monoisotopic (exact) mass is 757 g/mol. The normalized spacial score (nSPS) is 21.4. The first-order chi connectivity index (χ1) is 23.0. The van der Waals surface area contributed by atoms with Gasteiger partial charge < -0.3 is 14.4 Å². The summed E-state index contributed by atoms with van der Waals surface area (Å²) in [5, 5.41) is 2.35. The summed E-state index contributed by atoms with van der Waals surface area (Å²) in [7, 11) is 0. The lowest BCUT2D eigenvalue weighted by atomic mass is 9.63. The van der Waals surface area contributed by atoms with Crippen molar-refractivity contribution in [3.63, 3.8) is 0 Å². The lowest BCUT2D eigenvalue weighted by molar-refractivity contribution is -0.119. The molecule has 7 rings (SSSR count). The molecular formula is C42H48INO4. The van der Waals surface area contributed by atoms with Crippen molar-refractivity contribution in [2.75, 3.05) is 6.61 Å². The number of carbonyl (C=O) groups excluding carboxylic acids is 2. The molecule has 1 heterocycles. The van der Waals surface area contributed by atoms with Crippen LogP contribution in [0.4, 0.5) is 0 Å². The fraction of sp³-hybridized carbons (Fsp3) is 0.476. The van der Waals surface area contributed by atoms with Gasteiger partial charge in [-0.15, -0.1) is 0 Å². The molecule has 4 aliphatic rings. The van der Waals surface area contributed by atoms with Gasteiger partial charge in [-0.25, -0.2) is 0 Å². The van der Waals surface area contributed by atoms with Gasteiger partial charge in [-0.3, -0.25) is 9.59 Å². The van der Waals surface area contributed by atoms with Gasteiger partial charge in [-0.1, -0.05) is 89.4 Å². The summed E-state index contributed by atoms with van der Waals surface area (Å²) in [6.45, 7) is 11.8. The van der Waals surface area contributed by atoms with E-state index in [0.717, 1.165) is 51.5 Å². The summed E-state index contributed by atoms with van der Waals surface area (Å²) in [4.78, 5) is 31.4. The predicted octanol–water partition coefficient (Wildman–Crippen LogP) is 10.4. The number of hydrogen-bond acceptors (Lipinski definition) is 5. The van der Waals surface area contributed by atoms with Gasteiger partial charge >= 0.3 is 0 Å². The van der Waals surface area contributed by atoms with E-state index >= 15 is 0 Å². The Balaban J connectivity index is 1.36. The quantitative estimate of drug-likeness (QED) is 0.225. The zero-order valence-electron chi connectivity index (χ0n) is 29.1. The van der Waals surface area contributed by atoms with Gasteiger partial charge in [-0.05, 0) is 100 Å². The van der Waals surface area contributed by atoms with E-state index in [1.165, 1.54) is 41.4 Å². The summed E-state index contributed by atoms with van der Waals surface area (Å²) in [5.74, 6) is 1.32. The molecular weight excluding hydrogens is 709 g/mol. The molecule has 0 atom stereocenters. The average molecular weight is 758 g/mol. The van der Waals surface area contributed by atoms with Crippen molar-refractivity contribution in [2.45, 2.75) is 111 Å². The van der Waals surface area contributed by atoms with Crippen molar-refractivity contribution >= 4 is 44.9 Å². The average Bonchev–Trinajstić information content (AvgIpc) is 3.03. The van der Waals surface area contributed by atoms with Crippen molar-refractivity contribution in [3.8, 4) is 11.5 Å². The second-order valence-corrected chi connectivity index (χ2v) is 17.0. The Morgan fingerprint density at radius 3 is 2.06 bits per heavy atom.